The molecule has 3 atom stereocenters. The van der Waals surface area contributed by atoms with E-state index in [4.69, 9.17) is 9.47 Å². The number of rotatable bonds is 6. The molecule has 1 aliphatic carbocycles. The molecule has 20 heavy (non-hydrogen) atoms. The van der Waals surface area contributed by atoms with E-state index >= 15 is 0 Å². The second-order valence-corrected chi connectivity index (χ2v) is 5.76. The Balaban J connectivity index is 2.07. The Bertz CT molecular complexity index is 455. The summed E-state index contributed by atoms with van der Waals surface area (Å²) in [5, 5.41) is 0. The fraction of sp³-hybridized carbons (Fsp3) is 0.625. The molecule has 4 nitrogen and oxygen atoms in total. The van der Waals surface area contributed by atoms with E-state index in [-0.39, 0.29) is 23.9 Å². The van der Waals surface area contributed by atoms with Crippen LogP contribution in [-0.4, -0.2) is 30.3 Å². The first-order valence-corrected chi connectivity index (χ1v) is 7.25. The van der Waals surface area contributed by atoms with E-state index in [1.54, 1.807) is 0 Å². The third kappa shape index (κ3) is 3.37. The van der Waals surface area contributed by atoms with Crippen molar-refractivity contribution < 1.29 is 14.3 Å². The predicted molar refractivity (Wildman–Crippen MR) is 76.4 cm³/mol. The standard InChI is InChI=1S/C16H23NO3/c1-5-19-16(18)14-13(15(14)20-9-10(2)3)12-7-6-11(4)8-17-12/h6-8,10,13-15H,5,9H2,1-4H3. The minimum atomic E-state index is -0.205. The fourth-order valence-corrected chi connectivity index (χ4v) is 2.34. The van der Waals surface area contributed by atoms with Crippen LogP contribution in [-0.2, 0) is 14.3 Å². The van der Waals surface area contributed by atoms with Crippen molar-refractivity contribution in [2.24, 2.45) is 11.8 Å². The second-order valence-electron chi connectivity index (χ2n) is 5.76. The summed E-state index contributed by atoms with van der Waals surface area (Å²) < 4.78 is 11.0. The van der Waals surface area contributed by atoms with Crippen molar-refractivity contribution in [2.45, 2.75) is 39.7 Å². The summed E-state index contributed by atoms with van der Waals surface area (Å²) >= 11 is 0. The van der Waals surface area contributed by atoms with Gasteiger partial charge >= 0.3 is 5.97 Å². The number of aromatic nitrogens is 1. The van der Waals surface area contributed by atoms with Crippen LogP contribution in [0.5, 0.6) is 0 Å². The number of hydrogen-bond acceptors (Lipinski definition) is 4. The first-order chi connectivity index (χ1) is 9.54. The highest BCUT2D eigenvalue weighted by Gasteiger charge is 2.58. The lowest BCUT2D eigenvalue weighted by Crippen LogP contribution is -2.12. The highest BCUT2D eigenvalue weighted by atomic mass is 16.5. The largest absolute Gasteiger partial charge is 0.466 e. The quantitative estimate of drug-likeness (QED) is 0.750. The SMILES string of the molecule is CCOC(=O)C1C(OCC(C)C)C1c1ccc(C)cn1. The summed E-state index contributed by atoms with van der Waals surface area (Å²) in [6.45, 7) is 9.08. The smallest absolute Gasteiger partial charge is 0.312 e. The number of carbonyl (C=O) groups excluding carboxylic acids is 1. The van der Waals surface area contributed by atoms with Crippen molar-refractivity contribution in [3.8, 4) is 0 Å². The molecule has 0 N–H and O–H groups in total. The molecule has 1 aliphatic rings. The van der Waals surface area contributed by atoms with Crippen molar-refractivity contribution in [3.05, 3.63) is 29.6 Å². The summed E-state index contributed by atoms with van der Waals surface area (Å²) in [6, 6.07) is 3.99. The number of carbonyl (C=O) groups is 1. The Hall–Kier alpha value is -1.42. The van der Waals surface area contributed by atoms with Crippen LogP contribution in [0.15, 0.2) is 18.3 Å². The maximum Gasteiger partial charge on any atom is 0.312 e. The van der Waals surface area contributed by atoms with Gasteiger partial charge < -0.3 is 9.47 Å². The number of hydrogen-bond donors (Lipinski definition) is 0. The van der Waals surface area contributed by atoms with Crippen LogP contribution in [0.4, 0.5) is 0 Å². The molecule has 0 aliphatic heterocycles. The van der Waals surface area contributed by atoms with Gasteiger partial charge in [0.05, 0.1) is 18.6 Å². The summed E-state index contributed by atoms with van der Waals surface area (Å²) in [4.78, 5) is 16.4. The van der Waals surface area contributed by atoms with E-state index in [9.17, 15) is 4.79 Å². The Kier molecular flexibility index (Phi) is 4.76. The monoisotopic (exact) mass is 277 g/mol. The number of nitrogens with zero attached hydrogens (tertiary/aromatic N) is 1. The van der Waals surface area contributed by atoms with Crippen LogP contribution in [0.2, 0.25) is 0 Å². The molecular formula is C16H23NO3. The minimum absolute atomic E-state index is 0.0356. The van der Waals surface area contributed by atoms with Crippen molar-refractivity contribution in [2.75, 3.05) is 13.2 Å². The van der Waals surface area contributed by atoms with Crippen molar-refractivity contribution in [1.82, 2.24) is 4.98 Å². The van der Waals surface area contributed by atoms with Gasteiger partial charge in [0.15, 0.2) is 0 Å². The molecule has 0 spiro atoms. The molecule has 110 valence electrons. The van der Waals surface area contributed by atoms with Gasteiger partial charge in [-0.2, -0.15) is 0 Å². The van der Waals surface area contributed by atoms with E-state index in [0.717, 1.165) is 11.3 Å². The molecule has 0 saturated heterocycles. The van der Waals surface area contributed by atoms with Gasteiger partial charge in [0.2, 0.25) is 0 Å². The average molecular weight is 277 g/mol. The average Bonchev–Trinajstić information content (AvgIpc) is 3.12. The first-order valence-electron chi connectivity index (χ1n) is 7.25. The lowest BCUT2D eigenvalue weighted by molar-refractivity contribution is -0.145. The van der Waals surface area contributed by atoms with Crippen LogP contribution < -0.4 is 0 Å². The summed E-state index contributed by atoms with van der Waals surface area (Å²) in [7, 11) is 0. The van der Waals surface area contributed by atoms with E-state index in [2.05, 4.69) is 18.8 Å². The van der Waals surface area contributed by atoms with E-state index in [1.807, 2.05) is 32.2 Å². The molecule has 0 amide bonds. The number of aryl methyl sites for hydroxylation is 1. The fourth-order valence-electron chi connectivity index (χ4n) is 2.34. The highest BCUT2D eigenvalue weighted by molar-refractivity contribution is 5.78. The molecule has 0 bridgehead atoms. The zero-order valence-corrected chi connectivity index (χ0v) is 12.6. The van der Waals surface area contributed by atoms with Crippen molar-refractivity contribution in [1.29, 1.82) is 0 Å². The first kappa shape index (κ1) is 15.0. The lowest BCUT2D eigenvalue weighted by Gasteiger charge is -2.06. The van der Waals surface area contributed by atoms with Gasteiger partial charge in [0.1, 0.15) is 0 Å². The Morgan fingerprint density at radius 2 is 2.15 bits per heavy atom. The molecule has 4 heteroatoms. The topological polar surface area (TPSA) is 48.4 Å². The molecule has 1 saturated carbocycles. The second kappa shape index (κ2) is 6.35. The highest BCUT2D eigenvalue weighted by Crippen LogP contribution is 2.50. The van der Waals surface area contributed by atoms with Gasteiger partial charge in [-0.1, -0.05) is 19.9 Å². The number of pyridine rings is 1. The predicted octanol–water partition coefficient (Wildman–Crippen LogP) is 2.71. The van der Waals surface area contributed by atoms with Crippen LogP contribution in [0.1, 0.15) is 37.9 Å². The zero-order chi connectivity index (χ0) is 14.7. The normalized spacial score (nSPS) is 24.8. The van der Waals surface area contributed by atoms with Gasteiger partial charge in [-0.3, -0.25) is 9.78 Å². The number of esters is 1. The van der Waals surface area contributed by atoms with Crippen LogP contribution in [0.25, 0.3) is 0 Å². The van der Waals surface area contributed by atoms with E-state index in [1.165, 1.54) is 0 Å². The van der Waals surface area contributed by atoms with Gasteiger partial charge in [-0.15, -0.1) is 0 Å². The molecule has 0 aromatic carbocycles. The third-order valence-corrected chi connectivity index (χ3v) is 3.41. The molecule has 0 radical (unpaired) electrons. The van der Waals surface area contributed by atoms with E-state index in [0.29, 0.717) is 19.1 Å². The van der Waals surface area contributed by atoms with Gasteiger partial charge in [-0.25, -0.2) is 0 Å². The summed E-state index contributed by atoms with van der Waals surface area (Å²) in [5.41, 5.74) is 2.03. The van der Waals surface area contributed by atoms with Gasteiger partial charge in [-0.05, 0) is 31.4 Å². The maximum atomic E-state index is 12.0. The molecule has 1 fully saturated rings. The summed E-state index contributed by atoms with van der Waals surface area (Å²) in [5.74, 6) is 0.107. The van der Waals surface area contributed by atoms with E-state index < -0.39 is 0 Å². The van der Waals surface area contributed by atoms with Crippen molar-refractivity contribution >= 4 is 5.97 Å². The molecule has 1 aromatic heterocycles. The van der Waals surface area contributed by atoms with Crippen LogP contribution in [0.3, 0.4) is 0 Å². The minimum Gasteiger partial charge on any atom is -0.466 e. The van der Waals surface area contributed by atoms with Crippen LogP contribution >= 0.6 is 0 Å². The maximum absolute atomic E-state index is 12.0. The van der Waals surface area contributed by atoms with Crippen molar-refractivity contribution in [3.63, 3.8) is 0 Å². The van der Waals surface area contributed by atoms with Crippen LogP contribution in [0, 0.1) is 18.8 Å². The Morgan fingerprint density at radius 1 is 1.40 bits per heavy atom. The Labute approximate surface area is 120 Å². The Morgan fingerprint density at radius 3 is 2.70 bits per heavy atom. The lowest BCUT2D eigenvalue weighted by atomic mass is 10.2. The number of ether oxygens (including phenoxy) is 2. The summed E-state index contributed by atoms with van der Waals surface area (Å²) in [6.07, 6.45) is 1.74. The van der Waals surface area contributed by atoms with Gasteiger partial charge in [0.25, 0.3) is 0 Å². The molecule has 1 aromatic rings. The molecule has 3 unspecified atom stereocenters. The van der Waals surface area contributed by atoms with Gasteiger partial charge in [0, 0.05) is 24.4 Å². The molecule has 1 heterocycles. The molecular weight excluding hydrogens is 254 g/mol. The third-order valence-electron chi connectivity index (χ3n) is 3.41. The zero-order valence-electron chi connectivity index (χ0n) is 12.6. The molecule has 2 rings (SSSR count).